The van der Waals surface area contributed by atoms with E-state index in [1.807, 2.05) is 77.9 Å². The molecule has 0 radical (unpaired) electrons. The molecule has 0 N–H and O–H groups in total. The van der Waals surface area contributed by atoms with E-state index in [4.69, 9.17) is 9.47 Å². The minimum Gasteiger partial charge on any atom is -0.497 e. The molecule has 148 valence electrons. The Kier molecular flexibility index (Phi) is 5.24. The fourth-order valence-electron chi connectivity index (χ4n) is 3.99. The maximum Gasteiger partial charge on any atom is 0.250 e. The number of nitrogens with zero attached hydrogens (tertiary/aromatic N) is 1. The number of hydrogen-bond acceptors (Lipinski definition) is 4. The quantitative estimate of drug-likeness (QED) is 0.538. The van der Waals surface area contributed by atoms with Crippen molar-refractivity contribution in [3.05, 3.63) is 90.0 Å². The Labute approximate surface area is 175 Å². The van der Waals surface area contributed by atoms with Gasteiger partial charge in [-0.3, -0.25) is 4.79 Å². The third-order valence-electron chi connectivity index (χ3n) is 5.49. The van der Waals surface area contributed by atoms with Crippen LogP contribution in [0.3, 0.4) is 0 Å². The summed E-state index contributed by atoms with van der Waals surface area (Å²) in [6.07, 6.45) is 2.00. The number of thioether (sulfide) groups is 1. The van der Waals surface area contributed by atoms with E-state index in [0.29, 0.717) is 0 Å². The van der Waals surface area contributed by atoms with Gasteiger partial charge in [0.15, 0.2) is 0 Å². The number of anilines is 1. The molecule has 3 aromatic carbocycles. The molecule has 1 aliphatic rings. The molecule has 4 rings (SSSR count). The smallest absolute Gasteiger partial charge is 0.250 e. The van der Waals surface area contributed by atoms with E-state index in [9.17, 15) is 4.79 Å². The number of methoxy groups -OCH3 is 2. The molecule has 0 aromatic heterocycles. The Morgan fingerprint density at radius 3 is 1.90 bits per heavy atom. The number of carbonyl (C=O) groups is 1. The van der Waals surface area contributed by atoms with Gasteiger partial charge in [-0.15, -0.1) is 11.8 Å². The number of hydrogen-bond donors (Lipinski definition) is 0. The number of ether oxygens (including phenoxy) is 2. The lowest BCUT2D eigenvalue weighted by Gasteiger charge is -2.55. The second-order valence-corrected chi connectivity index (χ2v) is 7.91. The average Bonchev–Trinajstić information content (AvgIpc) is 2.79. The first-order valence-corrected chi connectivity index (χ1v) is 10.6. The monoisotopic (exact) mass is 405 g/mol. The van der Waals surface area contributed by atoms with E-state index in [-0.39, 0.29) is 11.9 Å². The number of amides is 1. The van der Waals surface area contributed by atoms with Gasteiger partial charge in [0, 0.05) is 5.69 Å². The standard InChI is InChI=1S/C24H23NO3S/c1-27-20-13-9-18(10-14-20)24(29-3)22(17-7-5-4-6-8-17)25(23(24)26)19-11-15-21(28-2)16-12-19/h4-16,22H,1-3H3/t22-,24+/m1/s1. The van der Waals surface area contributed by atoms with Crippen molar-refractivity contribution in [1.82, 2.24) is 0 Å². The Bertz CT molecular complexity index is 989. The summed E-state index contributed by atoms with van der Waals surface area (Å²) in [5.41, 5.74) is 2.95. The molecule has 29 heavy (non-hydrogen) atoms. The SMILES string of the molecule is COc1ccc(N2C(=O)[C@](SC)(c3ccc(OC)cc3)[C@H]2c2ccccc2)cc1. The predicted octanol–water partition coefficient (Wildman–Crippen LogP) is 5.05. The molecule has 3 aromatic rings. The van der Waals surface area contributed by atoms with Gasteiger partial charge in [0.2, 0.25) is 0 Å². The molecule has 5 heteroatoms. The molecule has 2 atom stereocenters. The highest BCUT2D eigenvalue weighted by Gasteiger charge is 2.62. The van der Waals surface area contributed by atoms with E-state index in [2.05, 4.69) is 12.1 Å². The first-order valence-electron chi connectivity index (χ1n) is 9.38. The maximum absolute atomic E-state index is 13.7. The first-order chi connectivity index (χ1) is 14.2. The molecule has 4 nitrogen and oxygen atoms in total. The van der Waals surface area contributed by atoms with Crippen molar-refractivity contribution in [3.8, 4) is 11.5 Å². The van der Waals surface area contributed by atoms with Crippen LogP contribution in [0.2, 0.25) is 0 Å². The van der Waals surface area contributed by atoms with Crippen molar-refractivity contribution in [2.24, 2.45) is 0 Å². The fraction of sp³-hybridized carbons (Fsp3) is 0.208. The van der Waals surface area contributed by atoms with Crippen molar-refractivity contribution in [1.29, 1.82) is 0 Å². The van der Waals surface area contributed by atoms with Crippen LogP contribution in [-0.4, -0.2) is 26.4 Å². The average molecular weight is 406 g/mol. The van der Waals surface area contributed by atoms with E-state index in [0.717, 1.165) is 28.3 Å². The van der Waals surface area contributed by atoms with E-state index in [1.54, 1.807) is 26.0 Å². The fourth-order valence-corrected chi connectivity index (χ4v) is 5.10. The van der Waals surface area contributed by atoms with Gasteiger partial charge in [-0.25, -0.2) is 0 Å². The molecule has 0 aliphatic carbocycles. The summed E-state index contributed by atoms with van der Waals surface area (Å²) >= 11 is 1.59. The van der Waals surface area contributed by atoms with Gasteiger partial charge < -0.3 is 14.4 Å². The van der Waals surface area contributed by atoms with Crippen LogP contribution in [0.1, 0.15) is 17.2 Å². The Balaban J connectivity index is 1.82. The number of β-lactam (4-membered cyclic amide) rings is 1. The topological polar surface area (TPSA) is 38.8 Å². The second-order valence-electron chi connectivity index (χ2n) is 6.85. The lowest BCUT2D eigenvalue weighted by Crippen LogP contribution is -2.64. The summed E-state index contributed by atoms with van der Waals surface area (Å²) in [5, 5.41) is 0. The van der Waals surface area contributed by atoms with E-state index < -0.39 is 4.75 Å². The molecule has 0 spiro atoms. The van der Waals surface area contributed by atoms with Gasteiger partial charge in [0.25, 0.3) is 5.91 Å². The summed E-state index contributed by atoms with van der Waals surface area (Å²) in [5.74, 6) is 1.62. The zero-order valence-electron chi connectivity index (χ0n) is 16.7. The number of carbonyl (C=O) groups excluding carboxylic acids is 1. The molecular weight excluding hydrogens is 382 g/mol. The largest absolute Gasteiger partial charge is 0.497 e. The van der Waals surface area contributed by atoms with Crippen LogP contribution < -0.4 is 14.4 Å². The molecular formula is C24H23NO3S. The highest BCUT2D eigenvalue weighted by molar-refractivity contribution is 8.00. The zero-order chi connectivity index (χ0) is 20.4. The van der Waals surface area contributed by atoms with Crippen molar-refractivity contribution in [3.63, 3.8) is 0 Å². The highest BCUT2D eigenvalue weighted by atomic mass is 32.2. The normalized spacial score (nSPS) is 20.9. The van der Waals surface area contributed by atoms with E-state index >= 15 is 0 Å². The first kappa shape index (κ1) is 19.4. The van der Waals surface area contributed by atoms with Crippen LogP contribution in [-0.2, 0) is 9.54 Å². The predicted molar refractivity (Wildman–Crippen MR) is 118 cm³/mol. The third-order valence-corrected chi connectivity index (χ3v) is 6.76. The minimum atomic E-state index is -0.687. The summed E-state index contributed by atoms with van der Waals surface area (Å²) in [6, 6.07) is 25.5. The van der Waals surface area contributed by atoms with Gasteiger partial charge in [0.05, 0.1) is 20.3 Å². The molecule has 1 fully saturated rings. The number of benzene rings is 3. The van der Waals surface area contributed by atoms with Gasteiger partial charge in [0.1, 0.15) is 16.2 Å². The molecule has 1 aliphatic heterocycles. The minimum absolute atomic E-state index is 0.0780. The van der Waals surface area contributed by atoms with Crippen molar-refractivity contribution in [2.45, 2.75) is 10.8 Å². The van der Waals surface area contributed by atoms with Crippen LogP contribution >= 0.6 is 11.8 Å². The van der Waals surface area contributed by atoms with Crippen LogP contribution in [0.15, 0.2) is 78.9 Å². The lowest BCUT2D eigenvalue weighted by molar-refractivity contribution is -0.128. The van der Waals surface area contributed by atoms with Crippen LogP contribution in [0, 0.1) is 0 Å². The van der Waals surface area contributed by atoms with Crippen molar-refractivity contribution >= 4 is 23.4 Å². The maximum atomic E-state index is 13.7. The highest BCUT2D eigenvalue weighted by Crippen LogP contribution is 2.59. The summed E-state index contributed by atoms with van der Waals surface area (Å²) in [6.45, 7) is 0. The molecule has 0 saturated carbocycles. The zero-order valence-corrected chi connectivity index (χ0v) is 17.5. The van der Waals surface area contributed by atoms with Gasteiger partial charge >= 0.3 is 0 Å². The van der Waals surface area contributed by atoms with Crippen LogP contribution in [0.4, 0.5) is 5.69 Å². The summed E-state index contributed by atoms with van der Waals surface area (Å²) in [7, 11) is 3.28. The molecule has 1 amide bonds. The summed E-state index contributed by atoms with van der Waals surface area (Å²) in [4.78, 5) is 15.5. The van der Waals surface area contributed by atoms with E-state index in [1.165, 1.54) is 0 Å². The Hall–Kier alpha value is -2.92. The third kappa shape index (κ3) is 3.06. The molecule has 1 saturated heterocycles. The Morgan fingerprint density at radius 1 is 0.828 bits per heavy atom. The van der Waals surface area contributed by atoms with Gasteiger partial charge in [-0.2, -0.15) is 0 Å². The molecule has 0 unspecified atom stereocenters. The Morgan fingerprint density at radius 2 is 1.38 bits per heavy atom. The molecule has 1 heterocycles. The molecule has 0 bridgehead atoms. The van der Waals surface area contributed by atoms with Crippen LogP contribution in [0.25, 0.3) is 0 Å². The number of rotatable bonds is 6. The second kappa shape index (κ2) is 7.84. The van der Waals surface area contributed by atoms with Gasteiger partial charge in [-0.05, 0) is 53.8 Å². The summed E-state index contributed by atoms with van der Waals surface area (Å²) < 4.78 is 9.89. The van der Waals surface area contributed by atoms with Crippen LogP contribution in [0.5, 0.6) is 11.5 Å². The van der Waals surface area contributed by atoms with Crippen molar-refractivity contribution in [2.75, 3.05) is 25.4 Å². The van der Waals surface area contributed by atoms with Crippen molar-refractivity contribution < 1.29 is 14.3 Å². The lowest BCUT2D eigenvalue weighted by atomic mass is 9.76. The van der Waals surface area contributed by atoms with Gasteiger partial charge in [-0.1, -0.05) is 42.5 Å².